The normalized spacial score (nSPS) is 17.2. The summed E-state index contributed by atoms with van der Waals surface area (Å²) in [6, 6.07) is 11.5. The highest BCUT2D eigenvalue weighted by Crippen LogP contribution is 2.59. The number of thiazole rings is 1. The van der Waals surface area contributed by atoms with Gasteiger partial charge in [0.25, 0.3) is 5.91 Å². The van der Waals surface area contributed by atoms with Gasteiger partial charge in [0.2, 0.25) is 11.8 Å². The van der Waals surface area contributed by atoms with E-state index >= 15 is 0 Å². The highest BCUT2D eigenvalue weighted by atomic mass is 32.1. The van der Waals surface area contributed by atoms with Crippen molar-refractivity contribution < 1.29 is 51.8 Å². The second-order valence-corrected chi connectivity index (χ2v) is 16.9. The summed E-state index contributed by atoms with van der Waals surface area (Å²) in [6.45, 7) is 6.49. The SMILES string of the molecule is CCOC(=O)CO[C@@H]1C[C@@H](C(=O)Nc2ncc(-c3ccccc3)s2)N(C(=O)C(NC(=O)c2cc3cc(C(F)(F)P(=O)(O)O)ccc3s2)C(C)(C)C)C1. The maximum Gasteiger partial charge on any atom is 0.399 e. The Morgan fingerprint density at radius 1 is 1.08 bits per heavy atom. The van der Waals surface area contributed by atoms with Crippen molar-refractivity contribution in [3.63, 3.8) is 0 Å². The van der Waals surface area contributed by atoms with Crippen LogP contribution in [-0.2, 0) is 34.1 Å². The van der Waals surface area contributed by atoms with Crippen LogP contribution in [0.15, 0.2) is 60.8 Å². The summed E-state index contributed by atoms with van der Waals surface area (Å²) in [5.74, 6) is -2.46. The Morgan fingerprint density at radius 3 is 2.44 bits per heavy atom. The summed E-state index contributed by atoms with van der Waals surface area (Å²) in [4.78, 5) is 78.5. The van der Waals surface area contributed by atoms with Crippen LogP contribution in [0.5, 0.6) is 0 Å². The molecule has 3 heterocycles. The van der Waals surface area contributed by atoms with Crippen LogP contribution in [0.25, 0.3) is 20.5 Å². The molecule has 0 aliphatic carbocycles. The van der Waals surface area contributed by atoms with Gasteiger partial charge < -0.3 is 34.8 Å². The van der Waals surface area contributed by atoms with Crippen molar-refractivity contribution >= 4 is 69.2 Å². The van der Waals surface area contributed by atoms with Crippen molar-refractivity contribution in [2.45, 2.75) is 58.0 Å². The Labute approximate surface area is 305 Å². The predicted molar refractivity (Wildman–Crippen MR) is 191 cm³/mol. The Balaban J connectivity index is 1.38. The first kappa shape index (κ1) is 39.1. The molecule has 52 heavy (non-hydrogen) atoms. The number of hydrogen-bond donors (Lipinski definition) is 4. The number of likely N-dealkylation sites (tertiary alicyclic amines) is 1. The van der Waals surface area contributed by atoms with E-state index < -0.39 is 72.7 Å². The number of carbonyl (C=O) groups excluding carboxylic acids is 4. The third kappa shape index (κ3) is 8.73. The number of anilines is 1. The van der Waals surface area contributed by atoms with E-state index in [-0.39, 0.29) is 29.8 Å². The fourth-order valence-corrected chi connectivity index (χ4v) is 7.83. The Kier molecular flexibility index (Phi) is 11.6. The topological polar surface area (TPSA) is 184 Å². The van der Waals surface area contributed by atoms with Gasteiger partial charge in [0.1, 0.15) is 18.7 Å². The average Bonchev–Trinajstić information content (AvgIpc) is 3.84. The number of rotatable bonds is 12. The molecule has 1 aliphatic rings. The van der Waals surface area contributed by atoms with Crippen molar-refractivity contribution in [2.24, 2.45) is 5.41 Å². The molecule has 2 aromatic heterocycles. The highest BCUT2D eigenvalue weighted by Gasteiger charge is 2.50. The van der Waals surface area contributed by atoms with Crippen LogP contribution in [0.3, 0.4) is 0 Å². The standard InChI is InChI=1S/C34H37F2N4O9PS2/c1-5-48-27(41)18-49-22-15-23(29(42)39-32-37-16-26(52-32)19-9-7-6-8-10-19)40(17-22)31(44)28(33(2,3)4)38-30(43)25-14-20-13-21(11-12-24(20)51-25)34(35,36)50(45,46)47/h6-14,16,22-23,28H,5,15,17-18H2,1-4H3,(H,38,43)(H,37,39,42)(H2,45,46,47)/t22-,23+,28?/m1/s1. The number of fused-ring (bicyclic) bond motifs is 1. The average molecular weight is 779 g/mol. The lowest BCUT2D eigenvalue weighted by molar-refractivity contribution is -0.150. The molecule has 0 spiro atoms. The number of aromatic nitrogens is 1. The summed E-state index contributed by atoms with van der Waals surface area (Å²) < 4.78 is 51.3. The summed E-state index contributed by atoms with van der Waals surface area (Å²) in [5, 5.41) is 5.98. The minimum atomic E-state index is -5.82. The summed E-state index contributed by atoms with van der Waals surface area (Å²) >= 11 is 2.19. The van der Waals surface area contributed by atoms with Gasteiger partial charge in [0.15, 0.2) is 5.13 Å². The molecule has 1 aliphatic heterocycles. The fraction of sp³-hybridized carbons (Fsp3) is 0.382. The van der Waals surface area contributed by atoms with E-state index in [0.29, 0.717) is 9.83 Å². The van der Waals surface area contributed by atoms with Gasteiger partial charge in [-0.25, -0.2) is 9.78 Å². The Hall–Kier alpha value is -4.12. The number of thiophene rings is 1. The minimum Gasteiger partial charge on any atom is -0.464 e. The van der Waals surface area contributed by atoms with Gasteiger partial charge in [-0.1, -0.05) is 68.5 Å². The number of halogens is 2. The summed E-state index contributed by atoms with van der Waals surface area (Å²) in [5.41, 5.74) is -5.33. The van der Waals surface area contributed by atoms with E-state index in [0.717, 1.165) is 33.9 Å². The maximum absolute atomic E-state index is 14.4. The number of benzene rings is 2. The fourth-order valence-electron chi connectivity index (χ4n) is 5.58. The number of esters is 1. The number of hydrogen-bond acceptors (Lipinski definition) is 10. The van der Waals surface area contributed by atoms with Crippen molar-refractivity contribution in [1.82, 2.24) is 15.2 Å². The number of carbonyl (C=O) groups is 4. The summed E-state index contributed by atoms with van der Waals surface area (Å²) in [6.07, 6.45) is 0.942. The Bertz CT molecular complexity index is 2010. The molecule has 2 aromatic carbocycles. The minimum absolute atomic E-state index is 0.0383. The molecule has 0 bridgehead atoms. The number of ether oxygens (including phenoxy) is 2. The van der Waals surface area contributed by atoms with Crippen molar-refractivity contribution in [3.8, 4) is 10.4 Å². The first-order valence-electron chi connectivity index (χ1n) is 16.1. The first-order valence-corrected chi connectivity index (χ1v) is 19.3. The lowest BCUT2D eigenvalue weighted by atomic mass is 9.85. The molecular weight excluding hydrogens is 741 g/mol. The van der Waals surface area contributed by atoms with Crippen LogP contribution < -0.4 is 10.6 Å². The zero-order chi connectivity index (χ0) is 38.0. The van der Waals surface area contributed by atoms with Crippen molar-refractivity contribution in [2.75, 3.05) is 25.1 Å². The molecule has 1 saturated heterocycles. The zero-order valence-electron chi connectivity index (χ0n) is 28.5. The van der Waals surface area contributed by atoms with E-state index in [9.17, 15) is 32.5 Å². The van der Waals surface area contributed by atoms with Crippen LogP contribution in [0.2, 0.25) is 0 Å². The molecule has 3 amide bonds. The van der Waals surface area contributed by atoms with Crippen LogP contribution in [-0.4, -0.2) is 81.3 Å². The molecule has 18 heteroatoms. The molecular formula is C34H37F2N4O9PS2. The largest absolute Gasteiger partial charge is 0.464 e. The monoisotopic (exact) mass is 778 g/mol. The van der Waals surface area contributed by atoms with E-state index in [1.165, 1.54) is 28.4 Å². The Morgan fingerprint density at radius 2 is 1.79 bits per heavy atom. The number of alkyl halides is 2. The van der Waals surface area contributed by atoms with E-state index in [1.807, 2.05) is 30.3 Å². The van der Waals surface area contributed by atoms with Crippen molar-refractivity contribution in [1.29, 1.82) is 0 Å². The molecule has 4 N–H and O–H groups in total. The molecule has 5 rings (SSSR count). The van der Waals surface area contributed by atoms with E-state index in [2.05, 4.69) is 15.6 Å². The van der Waals surface area contributed by atoms with E-state index in [1.54, 1.807) is 33.9 Å². The molecule has 3 atom stereocenters. The molecule has 13 nitrogen and oxygen atoms in total. The summed E-state index contributed by atoms with van der Waals surface area (Å²) in [7, 11) is -5.82. The highest BCUT2D eigenvalue weighted by molar-refractivity contribution is 7.52. The third-order valence-electron chi connectivity index (χ3n) is 8.23. The quantitative estimate of drug-likeness (QED) is 0.105. The first-order chi connectivity index (χ1) is 24.4. The second-order valence-electron chi connectivity index (χ2n) is 13.1. The van der Waals surface area contributed by atoms with Gasteiger partial charge in [-0.3, -0.25) is 18.9 Å². The zero-order valence-corrected chi connectivity index (χ0v) is 31.0. The van der Waals surface area contributed by atoms with Crippen LogP contribution >= 0.6 is 30.3 Å². The predicted octanol–water partition coefficient (Wildman–Crippen LogP) is 5.58. The maximum atomic E-state index is 14.4. The molecule has 0 radical (unpaired) electrons. The number of nitrogens with one attached hydrogen (secondary N) is 2. The molecule has 4 aromatic rings. The lowest BCUT2D eigenvalue weighted by Gasteiger charge is -2.35. The number of nitrogens with zero attached hydrogens (tertiary/aromatic N) is 2. The van der Waals surface area contributed by atoms with Gasteiger partial charge in [-0.05, 0) is 41.5 Å². The van der Waals surface area contributed by atoms with Gasteiger partial charge in [-0.2, -0.15) is 8.78 Å². The van der Waals surface area contributed by atoms with Gasteiger partial charge in [-0.15, -0.1) is 11.3 Å². The third-order valence-corrected chi connectivity index (χ3v) is 11.3. The van der Waals surface area contributed by atoms with Crippen molar-refractivity contribution in [3.05, 3.63) is 71.2 Å². The van der Waals surface area contributed by atoms with Gasteiger partial charge in [0.05, 0.1) is 22.5 Å². The smallest absolute Gasteiger partial charge is 0.399 e. The number of amides is 3. The molecule has 278 valence electrons. The molecule has 1 fully saturated rings. The second kappa shape index (κ2) is 15.5. The lowest BCUT2D eigenvalue weighted by Crippen LogP contribution is -2.57. The molecule has 0 saturated carbocycles. The van der Waals surface area contributed by atoms with Crippen LogP contribution in [0.1, 0.15) is 49.4 Å². The van der Waals surface area contributed by atoms with Gasteiger partial charge in [0, 0.05) is 29.4 Å². The van der Waals surface area contributed by atoms with E-state index in [4.69, 9.17) is 19.3 Å². The van der Waals surface area contributed by atoms with Gasteiger partial charge >= 0.3 is 19.2 Å². The molecule has 1 unspecified atom stereocenters. The van der Waals surface area contributed by atoms with Crippen LogP contribution in [0.4, 0.5) is 13.9 Å². The van der Waals surface area contributed by atoms with Crippen LogP contribution in [0, 0.1) is 5.41 Å².